The van der Waals surface area contributed by atoms with Crippen molar-refractivity contribution in [3.63, 3.8) is 0 Å². The fourth-order valence-corrected chi connectivity index (χ4v) is 2.90. The highest BCUT2D eigenvalue weighted by Crippen LogP contribution is 2.25. The molecular formula is C23H25N3. The highest BCUT2D eigenvalue weighted by atomic mass is 15.1. The van der Waals surface area contributed by atoms with Gasteiger partial charge < -0.3 is 9.88 Å². The third-order valence-corrected chi connectivity index (χ3v) is 4.45. The zero-order chi connectivity index (χ0) is 18.4. The van der Waals surface area contributed by atoms with E-state index >= 15 is 0 Å². The maximum atomic E-state index is 4.69. The molecule has 132 valence electrons. The van der Waals surface area contributed by atoms with Crippen molar-refractivity contribution in [1.82, 2.24) is 9.55 Å². The maximum absolute atomic E-state index is 4.69. The first-order valence-electron chi connectivity index (χ1n) is 8.96. The number of imidazole rings is 1. The molecular weight excluding hydrogens is 318 g/mol. The Balaban J connectivity index is 0.000000206. The second kappa shape index (κ2) is 8.34. The van der Waals surface area contributed by atoms with Crippen LogP contribution in [0.1, 0.15) is 12.5 Å². The number of anilines is 1. The number of hydrogen-bond donors (Lipinski definition) is 1. The number of rotatable bonds is 3. The Morgan fingerprint density at radius 1 is 0.885 bits per heavy atom. The minimum absolute atomic E-state index is 0.999. The number of nitrogens with zero attached hydrogens (tertiary/aromatic N) is 2. The molecule has 0 atom stereocenters. The van der Waals surface area contributed by atoms with E-state index in [1.807, 2.05) is 43.4 Å². The summed E-state index contributed by atoms with van der Waals surface area (Å²) in [6.45, 7) is 2.16. The van der Waals surface area contributed by atoms with Crippen molar-refractivity contribution in [3.05, 3.63) is 84.4 Å². The zero-order valence-electron chi connectivity index (χ0n) is 15.6. The smallest absolute Gasteiger partial charge is 0.140 e. The van der Waals surface area contributed by atoms with Gasteiger partial charge in [-0.25, -0.2) is 4.98 Å². The number of aromatic nitrogens is 2. The van der Waals surface area contributed by atoms with Gasteiger partial charge in [-0.05, 0) is 30.2 Å². The van der Waals surface area contributed by atoms with E-state index in [2.05, 4.69) is 66.3 Å². The van der Waals surface area contributed by atoms with Crippen LogP contribution in [0.4, 0.5) is 5.69 Å². The van der Waals surface area contributed by atoms with Crippen LogP contribution in [0.5, 0.6) is 0 Å². The molecule has 0 unspecified atom stereocenters. The van der Waals surface area contributed by atoms with Gasteiger partial charge in [-0.3, -0.25) is 0 Å². The van der Waals surface area contributed by atoms with Gasteiger partial charge in [0.05, 0.1) is 11.0 Å². The second-order valence-corrected chi connectivity index (χ2v) is 6.15. The summed E-state index contributed by atoms with van der Waals surface area (Å²) >= 11 is 0. The van der Waals surface area contributed by atoms with Crippen LogP contribution in [0, 0.1) is 0 Å². The molecule has 1 heterocycles. The van der Waals surface area contributed by atoms with Crippen LogP contribution in [0.3, 0.4) is 0 Å². The molecule has 0 radical (unpaired) electrons. The Kier molecular flexibility index (Phi) is 5.69. The van der Waals surface area contributed by atoms with Crippen molar-refractivity contribution in [1.29, 1.82) is 0 Å². The van der Waals surface area contributed by atoms with E-state index in [9.17, 15) is 0 Å². The van der Waals surface area contributed by atoms with Gasteiger partial charge in [-0.15, -0.1) is 0 Å². The Hall–Kier alpha value is -3.07. The van der Waals surface area contributed by atoms with Crippen LogP contribution in [-0.2, 0) is 13.5 Å². The van der Waals surface area contributed by atoms with E-state index < -0.39 is 0 Å². The molecule has 0 bridgehead atoms. The molecule has 0 saturated carbocycles. The van der Waals surface area contributed by atoms with E-state index in [4.69, 9.17) is 4.98 Å². The van der Waals surface area contributed by atoms with Gasteiger partial charge >= 0.3 is 0 Å². The average molecular weight is 343 g/mol. The third-order valence-electron chi connectivity index (χ3n) is 4.45. The topological polar surface area (TPSA) is 29.9 Å². The van der Waals surface area contributed by atoms with E-state index in [1.165, 1.54) is 5.56 Å². The van der Waals surface area contributed by atoms with Gasteiger partial charge in [0.25, 0.3) is 0 Å². The summed E-state index contributed by atoms with van der Waals surface area (Å²) in [5.41, 5.74) is 5.82. The van der Waals surface area contributed by atoms with Crippen LogP contribution < -0.4 is 5.32 Å². The van der Waals surface area contributed by atoms with Gasteiger partial charge in [0.15, 0.2) is 0 Å². The zero-order valence-corrected chi connectivity index (χ0v) is 15.6. The lowest BCUT2D eigenvalue weighted by molar-refractivity contribution is 0.959. The molecule has 0 spiro atoms. The van der Waals surface area contributed by atoms with E-state index in [-0.39, 0.29) is 0 Å². The lowest BCUT2D eigenvalue weighted by Crippen LogP contribution is -1.93. The minimum Gasteiger partial charge on any atom is -0.388 e. The molecule has 1 N–H and O–H groups in total. The van der Waals surface area contributed by atoms with Crippen molar-refractivity contribution in [2.75, 3.05) is 12.4 Å². The van der Waals surface area contributed by atoms with Gasteiger partial charge in [-0.2, -0.15) is 0 Å². The number of aryl methyl sites for hydroxylation is 2. The molecule has 1 aromatic heterocycles. The molecule has 26 heavy (non-hydrogen) atoms. The molecule has 0 fully saturated rings. The monoisotopic (exact) mass is 343 g/mol. The van der Waals surface area contributed by atoms with Crippen LogP contribution in [-0.4, -0.2) is 16.6 Å². The standard InChI is InChI=1S/C15H15N3.C8H10/c1-16-12-8-9-13-14(10-12)18(2)15(17-13)11-6-4-3-5-7-11;1-2-8-6-4-3-5-7-8/h3-10,16H,1-2H3;3-7H,2H2,1H3. The van der Waals surface area contributed by atoms with E-state index in [0.717, 1.165) is 34.5 Å². The molecule has 0 saturated heterocycles. The maximum Gasteiger partial charge on any atom is 0.140 e. The SMILES string of the molecule is CCc1ccccc1.CNc1ccc2nc(-c3ccccc3)n(C)c2c1. The van der Waals surface area contributed by atoms with Crippen LogP contribution >= 0.6 is 0 Å². The van der Waals surface area contributed by atoms with Gasteiger partial charge in [-0.1, -0.05) is 67.6 Å². The Labute approximate surface area is 155 Å². The molecule has 3 nitrogen and oxygen atoms in total. The van der Waals surface area contributed by atoms with E-state index in [1.54, 1.807) is 0 Å². The largest absolute Gasteiger partial charge is 0.388 e. The fourth-order valence-electron chi connectivity index (χ4n) is 2.90. The average Bonchev–Trinajstić information content (AvgIpc) is 3.05. The van der Waals surface area contributed by atoms with Gasteiger partial charge in [0.1, 0.15) is 5.82 Å². The minimum atomic E-state index is 0.999. The first-order valence-corrected chi connectivity index (χ1v) is 8.96. The first kappa shape index (κ1) is 17.7. The summed E-state index contributed by atoms with van der Waals surface area (Å²) in [4.78, 5) is 4.69. The molecule has 0 amide bonds. The molecule has 0 aliphatic rings. The number of fused-ring (bicyclic) bond motifs is 1. The number of benzene rings is 3. The third kappa shape index (κ3) is 3.94. The highest BCUT2D eigenvalue weighted by molar-refractivity contribution is 5.83. The van der Waals surface area contributed by atoms with Gasteiger partial charge in [0, 0.05) is 25.3 Å². The molecule has 0 aliphatic heterocycles. The van der Waals surface area contributed by atoms with Crippen LogP contribution in [0.2, 0.25) is 0 Å². The van der Waals surface area contributed by atoms with Crippen molar-refractivity contribution in [2.45, 2.75) is 13.3 Å². The summed E-state index contributed by atoms with van der Waals surface area (Å²) < 4.78 is 2.13. The first-order chi connectivity index (χ1) is 12.7. The van der Waals surface area contributed by atoms with Crippen molar-refractivity contribution >= 4 is 16.7 Å². The molecule has 3 aromatic carbocycles. The summed E-state index contributed by atoms with van der Waals surface area (Å²) in [7, 11) is 3.98. The molecule has 4 aromatic rings. The predicted octanol–water partition coefficient (Wildman–Crippen LogP) is 5.53. The Bertz CT molecular complexity index is 957. The van der Waals surface area contributed by atoms with Crippen molar-refractivity contribution in [3.8, 4) is 11.4 Å². The van der Waals surface area contributed by atoms with Crippen LogP contribution in [0.25, 0.3) is 22.4 Å². The summed E-state index contributed by atoms with van der Waals surface area (Å²) in [5, 5.41) is 3.15. The van der Waals surface area contributed by atoms with Crippen molar-refractivity contribution < 1.29 is 0 Å². The quantitative estimate of drug-likeness (QED) is 0.530. The van der Waals surface area contributed by atoms with Gasteiger partial charge in [0.2, 0.25) is 0 Å². The number of nitrogens with one attached hydrogen (secondary N) is 1. The summed E-state index contributed by atoms with van der Waals surface area (Å²) in [6.07, 6.45) is 1.14. The van der Waals surface area contributed by atoms with E-state index in [0.29, 0.717) is 0 Å². The Morgan fingerprint density at radius 3 is 2.12 bits per heavy atom. The molecule has 3 heteroatoms. The fraction of sp³-hybridized carbons (Fsp3) is 0.174. The lowest BCUT2D eigenvalue weighted by atomic mass is 10.2. The summed E-state index contributed by atoms with van der Waals surface area (Å²) in [5.74, 6) is 0.999. The predicted molar refractivity (Wildman–Crippen MR) is 112 cm³/mol. The Morgan fingerprint density at radius 2 is 1.54 bits per heavy atom. The summed E-state index contributed by atoms with van der Waals surface area (Å²) in [6, 6.07) is 26.9. The van der Waals surface area contributed by atoms with Crippen LogP contribution in [0.15, 0.2) is 78.9 Å². The van der Waals surface area contributed by atoms with Crippen molar-refractivity contribution in [2.24, 2.45) is 7.05 Å². The lowest BCUT2D eigenvalue weighted by Gasteiger charge is -2.03. The highest BCUT2D eigenvalue weighted by Gasteiger charge is 2.09. The molecule has 0 aliphatic carbocycles. The number of hydrogen-bond acceptors (Lipinski definition) is 2. The molecule has 4 rings (SSSR count). The second-order valence-electron chi connectivity index (χ2n) is 6.15. The normalized spacial score (nSPS) is 10.3.